The molecule has 0 aliphatic carbocycles. The molecule has 1 aliphatic heterocycles. The molecular formula is C10H11BrFNO5S2. The Hall–Kier alpha value is -0.710. The van der Waals surface area contributed by atoms with Gasteiger partial charge in [-0.15, -0.1) is 0 Å². The van der Waals surface area contributed by atoms with Gasteiger partial charge >= 0.3 is 0 Å². The normalized spacial score (nSPS) is 21.9. The molecule has 2 N–H and O–H groups in total. The first-order valence-corrected chi connectivity index (χ1v) is 9.63. The lowest BCUT2D eigenvalue weighted by molar-refractivity contribution is 0.226. The number of rotatable bonds is 3. The Morgan fingerprint density at radius 1 is 1.40 bits per heavy atom. The molecule has 1 heterocycles. The molecule has 1 saturated heterocycles. The van der Waals surface area contributed by atoms with Crippen LogP contribution in [0.25, 0.3) is 0 Å². The summed E-state index contributed by atoms with van der Waals surface area (Å²) in [5.41, 5.74) is 0. The molecule has 112 valence electrons. The molecular weight excluding hydrogens is 377 g/mol. The zero-order valence-corrected chi connectivity index (χ0v) is 13.3. The highest BCUT2D eigenvalue weighted by molar-refractivity contribution is 9.10. The average molecular weight is 388 g/mol. The van der Waals surface area contributed by atoms with Gasteiger partial charge in [0.25, 0.3) is 0 Å². The highest BCUT2D eigenvalue weighted by atomic mass is 79.9. The van der Waals surface area contributed by atoms with Crippen molar-refractivity contribution in [3.63, 3.8) is 0 Å². The van der Waals surface area contributed by atoms with E-state index in [1.807, 2.05) is 0 Å². The van der Waals surface area contributed by atoms with Gasteiger partial charge in [-0.3, -0.25) is 0 Å². The monoisotopic (exact) mass is 387 g/mol. The van der Waals surface area contributed by atoms with Gasteiger partial charge in [-0.05, 0) is 28.4 Å². The van der Waals surface area contributed by atoms with E-state index in [1.54, 1.807) is 0 Å². The molecule has 0 spiro atoms. The second-order valence-corrected chi connectivity index (χ2v) is 9.01. The maximum Gasteiger partial charge on any atom is 0.241 e. The molecule has 0 aromatic heterocycles. The third-order valence-electron chi connectivity index (χ3n) is 2.78. The number of halogens is 2. The second kappa shape index (κ2) is 5.24. The summed E-state index contributed by atoms with van der Waals surface area (Å²) in [4.78, 5) is -0.657. The smallest absolute Gasteiger partial charge is 0.241 e. The van der Waals surface area contributed by atoms with Crippen molar-refractivity contribution in [3.05, 3.63) is 22.4 Å². The molecule has 1 aliphatic rings. The summed E-state index contributed by atoms with van der Waals surface area (Å²) in [6.45, 7) is 0. The van der Waals surface area contributed by atoms with Crippen molar-refractivity contribution in [2.75, 3.05) is 11.5 Å². The number of ether oxygens (including phenoxy) is 1. The van der Waals surface area contributed by atoms with E-state index < -0.39 is 36.7 Å². The molecule has 1 aromatic carbocycles. The van der Waals surface area contributed by atoms with Crippen LogP contribution in [0.15, 0.2) is 21.5 Å². The number of sulfone groups is 1. The van der Waals surface area contributed by atoms with Gasteiger partial charge in [-0.25, -0.2) is 26.4 Å². The highest BCUT2D eigenvalue weighted by Gasteiger charge is 2.30. The van der Waals surface area contributed by atoms with E-state index >= 15 is 0 Å². The Morgan fingerprint density at radius 3 is 2.55 bits per heavy atom. The van der Waals surface area contributed by atoms with Crippen LogP contribution in [-0.2, 0) is 19.9 Å². The predicted octanol–water partition coefficient (Wildman–Crippen LogP) is 0.802. The van der Waals surface area contributed by atoms with E-state index in [2.05, 4.69) is 15.9 Å². The first-order valence-electron chi connectivity index (χ1n) is 5.47. The molecule has 1 aromatic rings. The number of sulfonamides is 1. The summed E-state index contributed by atoms with van der Waals surface area (Å²) in [6.07, 6.45) is -0.260. The molecule has 6 nitrogen and oxygen atoms in total. The van der Waals surface area contributed by atoms with Gasteiger partial charge < -0.3 is 4.74 Å². The predicted molar refractivity (Wildman–Crippen MR) is 73.2 cm³/mol. The minimum atomic E-state index is -4.18. The van der Waals surface area contributed by atoms with E-state index in [9.17, 15) is 21.2 Å². The number of hydrogen-bond donors (Lipinski definition) is 1. The van der Waals surface area contributed by atoms with Crippen LogP contribution in [0.3, 0.4) is 0 Å². The van der Waals surface area contributed by atoms with E-state index in [0.717, 1.165) is 12.1 Å². The van der Waals surface area contributed by atoms with Crippen LogP contribution in [0.4, 0.5) is 4.39 Å². The first kappa shape index (κ1) is 15.7. The van der Waals surface area contributed by atoms with E-state index in [4.69, 9.17) is 9.88 Å². The lowest BCUT2D eigenvalue weighted by Crippen LogP contribution is -2.19. The van der Waals surface area contributed by atoms with Crippen molar-refractivity contribution >= 4 is 35.8 Å². The summed E-state index contributed by atoms with van der Waals surface area (Å²) < 4.78 is 64.2. The van der Waals surface area contributed by atoms with Gasteiger partial charge in [0.2, 0.25) is 10.0 Å². The Balaban J connectivity index is 2.29. The average Bonchev–Trinajstić information content (AvgIpc) is 2.61. The SMILES string of the molecule is NS(=O)(=O)c1cc(Br)c(OC2CCS(=O)(=O)C2)cc1F. The minimum absolute atomic E-state index is 0.0209. The van der Waals surface area contributed by atoms with Gasteiger partial charge in [-0.1, -0.05) is 0 Å². The fourth-order valence-electron chi connectivity index (χ4n) is 1.85. The van der Waals surface area contributed by atoms with Crippen LogP contribution in [0.5, 0.6) is 5.75 Å². The van der Waals surface area contributed by atoms with E-state index in [0.29, 0.717) is 6.42 Å². The molecule has 1 atom stereocenters. The topological polar surface area (TPSA) is 104 Å². The zero-order chi connectivity index (χ0) is 15.1. The molecule has 20 heavy (non-hydrogen) atoms. The van der Waals surface area contributed by atoms with Gasteiger partial charge in [0.05, 0.1) is 16.0 Å². The number of nitrogens with two attached hydrogens (primary N) is 1. The third-order valence-corrected chi connectivity index (χ3v) is 6.06. The fraction of sp³-hybridized carbons (Fsp3) is 0.400. The Kier molecular flexibility index (Phi) is 4.11. The molecule has 0 radical (unpaired) electrons. The van der Waals surface area contributed by atoms with Gasteiger partial charge in [-0.2, -0.15) is 0 Å². The lowest BCUT2D eigenvalue weighted by atomic mass is 10.3. The lowest BCUT2D eigenvalue weighted by Gasteiger charge is -2.14. The summed E-state index contributed by atoms with van der Waals surface area (Å²) >= 11 is 3.05. The molecule has 0 bridgehead atoms. The summed E-state index contributed by atoms with van der Waals surface area (Å²) in [5, 5.41) is 4.87. The Labute approximate surface area is 124 Å². The molecule has 0 amide bonds. The van der Waals surface area contributed by atoms with E-state index in [-0.39, 0.29) is 21.7 Å². The van der Waals surface area contributed by atoms with Crippen LogP contribution in [0.1, 0.15) is 6.42 Å². The maximum atomic E-state index is 13.7. The van der Waals surface area contributed by atoms with Crippen molar-refractivity contribution < 1.29 is 26.0 Å². The van der Waals surface area contributed by atoms with Crippen LogP contribution >= 0.6 is 15.9 Å². The molecule has 0 saturated carbocycles. The summed E-state index contributed by atoms with van der Waals surface area (Å²) in [6, 6.07) is 1.86. The van der Waals surface area contributed by atoms with Crippen LogP contribution in [0.2, 0.25) is 0 Å². The van der Waals surface area contributed by atoms with Crippen molar-refractivity contribution in [1.82, 2.24) is 0 Å². The number of hydrogen-bond acceptors (Lipinski definition) is 5. The van der Waals surface area contributed by atoms with Crippen molar-refractivity contribution in [2.45, 2.75) is 17.4 Å². The molecule has 1 unspecified atom stereocenters. The number of benzene rings is 1. The summed E-state index contributed by atoms with van der Waals surface area (Å²) in [7, 11) is -7.29. The van der Waals surface area contributed by atoms with Crippen molar-refractivity contribution in [1.29, 1.82) is 0 Å². The van der Waals surface area contributed by atoms with Crippen LogP contribution in [-0.4, -0.2) is 34.4 Å². The Bertz CT molecular complexity index is 747. The van der Waals surface area contributed by atoms with Crippen molar-refractivity contribution in [2.24, 2.45) is 5.14 Å². The third kappa shape index (κ3) is 3.48. The van der Waals surface area contributed by atoms with E-state index in [1.165, 1.54) is 0 Å². The van der Waals surface area contributed by atoms with Gasteiger partial charge in [0.1, 0.15) is 22.6 Å². The highest BCUT2D eigenvalue weighted by Crippen LogP contribution is 2.32. The largest absolute Gasteiger partial charge is 0.488 e. The van der Waals surface area contributed by atoms with Crippen LogP contribution in [0, 0.1) is 5.82 Å². The minimum Gasteiger partial charge on any atom is -0.488 e. The molecule has 1 fully saturated rings. The number of primary sulfonamides is 1. The second-order valence-electron chi connectivity index (χ2n) is 4.40. The van der Waals surface area contributed by atoms with Gasteiger partial charge in [0, 0.05) is 6.07 Å². The summed E-state index contributed by atoms with van der Waals surface area (Å²) in [5.74, 6) is -1.13. The van der Waals surface area contributed by atoms with Crippen molar-refractivity contribution in [3.8, 4) is 5.75 Å². The van der Waals surface area contributed by atoms with Crippen LogP contribution < -0.4 is 9.88 Å². The molecule has 10 heteroatoms. The van der Waals surface area contributed by atoms with Gasteiger partial charge in [0.15, 0.2) is 9.84 Å². The maximum absolute atomic E-state index is 13.7. The molecule has 2 rings (SSSR count). The first-order chi connectivity index (χ1) is 9.08. The standard InChI is InChI=1S/C10H11BrFNO5S2/c11-7-3-10(20(13,16)17)8(12)4-9(7)18-6-1-2-19(14,15)5-6/h3-4,6H,1-2,5H2,(H2,13,16,17). The zero-order valence-electron chi connectivity index (χ0n) is 10.0. The Morgan fingerprint density at radius 2 is 2.05 bits per heavy atom. The fourth-order valence-corrected chi connectivity index (χ4v) is 4.64. The quantitative estimate of drug-likeness (QED) is 0.825.